The quantitative estimate of drug-likeness (QED) is 0.271. The average molecular weight is 132 g/mol. The fourth-order valence-electron chi connectivity index (χ4n) is 1.64. The molecule has 0 spiro atoms. The third-order valence-corrected chi connectivity index (χ3v) is 2.37. The third kappa shape index (κ3) is 3.69. The van der Waals surface area contributed by atoms with Crippen LogP contribution in [0.1, 0.15) is 45.4 Å². The molecule has 0 aliphatic heterocycles. The molecule has 1 fully saturated rings. The first-order valence-corrected chi connectivity index (χ1v) is 4.23. The van der Waals surface area contributed by atoms with Crippen LogP contribution in [0.4, 0.5) is 0 Å². The maximum absolute atomic E-state index is 2.38. The molecule has 54 valence electrons. The topological polar surface area (TPSA) is 0 Å². The van der Waals surface area contributed by atoms with Gasteiger partial charge in [0.25, 0.3) is 0 Å². The van der Waals surface area contributed by atoms with Gasteiger partial charge < -0.3 is 6.42 Å². The minimum atomic E-state index is 0. The summed E-state index contributed by atoms with van der Waals surface area (Å²) in [6.45, 7) is 2.20. The van der Waals surface area contributed by atoms with Crippen molar-refractivity contribution in [1.29, 1.82) is 0 Å². The molecule has 0 unspecified atom stereocenters. The largest absolute Gasteiger partial charge is 1.00 e. The van der Waals surface area contributed by atoms with Gasteiger partial charge in [0.1, 0.15) is 0 Å². The van der Waals surface area contributed by atoms with E-state index in [-0.39, 0.29) is 18.9 Å². The van der Waals surface area contributed by atoms with Crippen LogP contribution in [0, 0.1) is 12.3 Å². The van der Waals surface area contributed by atoms with Gasteiger partial charge >= 0.3 is 18.9 Å². The Morgan fingerprint density at radius 3 is 1.90 bits per heavy atom. The Bertz CT molecular complexity index is 63.1. The molecule has 0 heterocycles. The van der Waals surface area contributed by atoms with Crippen molar-refractivity contribution >= 4 is 0 Å². The van der Waals surface area contributed by atoms with E-state index in [1.165, 1.54) is 38.5 Å². The van der Waals surface area contributed by atoms with E-state index in [2.05, 4.69) is 13.3 Å². The van der Waals surface area contributed by atoms with Gasteiger partial charge in [-0.1, -0.05) is 38.5 Å². The second-order valence-corrected chi connectivity index (χ2v) is 3.08. The van der Waals surface area contributed by atoms with Crippen molar-refractivity contribution in [2.24, 2.45) is 5.92 Å². The first-order chi connectivity index (χ1) is 4.43. The van der Waals surface area contributed by atoms with E-state index in [1.807, 2.05) is 0 Å². The van der Waals surface area contributed by atoms with Crippen LogP contribution in [-0.4, -0.2) is 0 Å². The average Bonchev–Trinajstić information content (AvgIpc) is 2.13. The van der Waals surface area contributed by atoms with Gasteiger partial charge in [-0.15, -0.1) is 0 Å². The molecule has 1 saturated carbocycles. The van der Waals surface area contributed by atoms with Crippen LogP contribution in [0.25, 0.3) is 0 Å². The molecule has 10 heavy (non-hydrogen) atoms. The van der Waals surface area contributed by atoms with Gasteiger partial charge in [-0.3, -0.25) is 0 Å². The summed E-state index contributed by atoms with van der Waals surface area (Å²) in [5.41, 5.74) is 0. The minimum absolute atomic E-state index is 0. The van der Waals surface area contributed by atoms with Gasteiger partial charge in [0, 0.05) is 0 Å². The van der Waals surface area contributed by atoms with E-state index in [0.717, 1.165) is 5.92 Å². The van der Waals surface area contributed by atoms with Crippen LogP contribution < -0.4 is 18.9 Å². The van der Waals surface area contributed by atoms with E-state index in [1.54, 1.807) is 0 Å². The molecule has 0 bridgehead atoms. The molecule has 0 saturated heterocycles. The Balaban J connectivity index is 0.000000810. The van der Waals surface area contributed by atoms with E-state index in [9.17, 15) is 0 Å². The van der Waals surface area contributed by atoms with Gasteiger partial charge in [-0.2, -0.15) is 12.8 Å². The first-order valence-electron chi connectivity index (χ1n) is 4.23. The second kappa shape index (κ2) is 6.32. The molecule has 0 aromatic rings. The van der Waals surface area contributed by atoms with Gasteiger partial charge in [0.2, 0.25) is 0 Å². The summed E-state index contributed by atoms with van der Waals surface area (Å²) in [7, 11) is 0. The molecule has 1 heteroatoms. The predicted octanol–water partition coefficient (Wildman–Crippen LogP) is 0.185. The number of hydrogen-bond acceptors (Lipinski definition) is 0. The summed E-state index contributed by atoms with van der Waals surface area (Å²) in [4.78, 5) is 0. The zero-order chi connectivity index (χ0) is 6.53. The summed E-state index contributed by atoms with van der Waals surface area (Å²) < 4.78 is 0. The SMILES string of the molecule is C[CH-]C1CCCCCC1.[Li+]. The molecule has 0 aromatic carbocycles. The smallest absolute Gasteiger partial charge is 0.328 e. The van der Waals surface area contributed by atoms with Crippen LogP contribution in [0.15, 0.2) is 0 Å². The first kappa shape index (κ1) is 10.6. The molecule has 0 nitrogen and oxygen atoms in total. The standard InChI is InChI=1S/C9H17.Li/c1-2-9-7-5-3-4-6-8-9;/h2,9H,3-8H2,1H3;/q-1;+1. The summed E-state index contributed by atoms with van der Waals surface area (Å²) in [6, 6.07) is 0. The van der Waals surface area contributed by atoms with E-state index >= 15 is 0 Å². The van der Waals surface area contributed by atoms with Crippen molar-refractivity contribution in [2.45, 2.75) is 45.4 Å². The molecular formula is C9H17Li. The summed E-state index contributed by atoms with van der Waals surface area (Å²) in [5.74, 6) is 0.951. The Morgan fingerprint density at radius 1 is 1.00 bits per heavy atom. The summed E-state index contributed by atoms with van der Waals surface area (Å²) in [5, 5.41) is 0. The van der Waals surface area contributed by atoms with Gasteiger partial charge in [0.15, 0.2) is 0 Å². The van der Waals surface area contributed by atoms with Crippen LogP contribution in [0.5, 0.6) is 0 Å². The van der Waals surface area contributed by atoms with Crippen LogP contribution >= 0.6 is 0 Å². The maximum atomic E-state index is 2.38. The maximum Gasteiger partial charge on any atom is 1.00 e. The monoisotopic (exact) mass is 132 g/mol. The molecular weight excluding hydrogens is 115 g/mol. The fourth-order valence-corrected chi connectivity index (χ4v) is 1.64. The fraction of sp³-hybridized carbons (Fsp3) is 0.889. The zero-order valence-corrected chi connectivity index (χ0v) is 7.40. The molecule has 1 aliphatic rings. The van der Waals surface area contributed by atoms with E-state index in [0.29, 0.717) is 0 Å². The van der Waals surface area contributed by atoms with Crippen molar-refractivity contribution < 1.29 is 18.9 Å². The predicted molar refractivity (Wildman–Crippen MR) is 41.2 cm³/mol. The molecule has 0 aromatic heterocycles. The summed E-state index contributed by atoms with van der Waals surface area (Å²) in [6.07, 6.45) is 11.2. The third-order valence-electron chi connectivity index (χ3n) is 2.37. The normalized spacial score (nSPS) is 21.3. The van der Waals surface area contributed by atoms with E-state index in [4.69, 9.17) is 0 Å². The second-order valence-electron chi connectivity index (χ2n) is 3.08. The van der Waals surface area contributed by atoms with Crippen molar-refractivity contribution in [3.8, 4) is 0 Å². The Kier molecular flexibility index (Phi) is 6.69. The van der Waals surface area contributed by atoms with Gasteiger partial charge in [-0.25, -0.2) is 0 Å². The Labute approximate surface area is 77.0 Å². The van der Waals surface area contributed by atoms with Crippen molar-refractivity contribution in [3.63, 3.8) is 0 Å². The van der Waals surface area contributed by atoms with Crippen molar-refractivity contribution in [2.75, 3.05) is 0 Å². The zero-order valence-electron chi connectivity index (χ0n) is 7.40. The number of hydrogen-bond donors (Lipinski definition) is 0. The van der Waals surface area contributed by atoms with Crippen LogP contribution in [-0.2, 0) is 0 Å². The molecule has 0 atom stereocenters. The molecule has 0 N–H and O–H groups in total. The Morgan fingerprint density at radius 2 is 1.50 bits per heavy atom. The number of rotatable bonds is 1. The molecule has 0 amide bonds. The Hall–Kier alpha value is 0.597. The van der Waals surface area contributed by atoms with Crippen LogP contribution in [0.2, 0.25) is 0 Å². The van der Waals surface area contributed by atoms with Gasteiger partial charge in [-0.05, 0) is 0 Å². The molecule has 0 radical (unpaired) electrons. The van der Waals surface area contributed by atoms with E-state index < -0.39 is 0 Å². The van der Waals surface area contributed by atoms with Crippen molar-refractivity contribution in [3.05, 3.63) is 6.42 Å². The van der Waals surface area contributed by atoms with Gasteiger partial charge in [0.05, 0.1) is 0 Å². The summed E-state index contributed by atoms with van der Waals surface area (Å²) >= 11 is 0. The molecule has 1 rings (SSSR count). The minimum Gasteiger partial charge on any atom is -0.328 e. The van der Waals surface area contributed by atoms with Crippen LogP contribution in [0.3, 0.4) is 0 Å². The molecule has 1 aliphatic carbocycles. The van der Waals surface area contributed by atoms with Crippen molar-refractivity contribution in [1.82, 2.24) is 0 Å².